The van der Waals surface area contributed by atoms with E-state index >= 15 is 0 Å². The van der Waals surface area contributed by atoms with Gasteiger partial charge in [0.15, 0.2) is 0 Å². The quantitative estimate of drug-likeness (QED) is 0.318. The van der Waals surface area contributed by atoms with Crippen molar-refractivity contribution in [3.8, 4) is 6.07 Å². The smallest absolute Gasteiger partial charge is 0.417 e. The first-order valence-electron chi connectivity index (χ1n) is 15.2. The molecular weight excluding hydrogens is 579 g/mol. The van der Waals surface area contributed by atoms with Crippen LogP contribution in [0.2, 0.25) is 0 Å². The highest BCUT2D eigenvalue weighted by atomic mass is 32.1. The van der Waals surface area contributed by atoms with Gasteiger partial charge in [-0.2, -0.15) is 18.4 Å². The van der Waals surface area contributed by atoms with Gasteiger partial charge in [-0.15, -0.1) is 12.6 Å². The summed E-state index contributed by atoms with van der Waals surface area (Å²) in [5.74, 6) is 0.0873. The molecule has 4 rings (SSSR count). The summed E-state index contributed by atoms with van der Waals surface area (Å²) in [5.41, 5.74) is -3.07. The second kappa shape index (κ2) is 13.3. The Labute approximate surface area is 258 Å². The van der Waals surface area contributed by atoms with Gasteiger partial charge in [-0.1, -0.05) is 0 Å². The molecule has 1 amide bonds. The Kier molecular flexibility index (Phi) is 10.4. The number of nitrogens with zero attached hydrogens (tertiary/aromatic N) is 5. The molecule has 0 N–H and O–H groups in total. The summed E-state index contributed by atoms with van der Waals surface area (Å²) >= 11 is 4.76. The van der Waals surface area contributed by atoms with Gasteiger partial charge in [0.1, 0.15) is 5.50 Å². The second-order valence-electron chi connectivity index (χ2n) is 12.9. The summed E-state index contributed by atoms with van der Waals surface area (Å²) in [4.78, 5) is 33.4. The van der Waals surface area contributed by atoms with Crippen LogP contribution in [0.4, 0.5) is 18.9 Å². The number of hydrogen-bond acceptors (Lipinski definition) is 8. The first-order chi connectivity index (χ1) is 20.2. The lowest BCUT2D eigenvalue weighted by Gasteiger charge is -2.44. The molecule has 2 saturated heterocycles. The van der Waals surface area contributed by atoms with Crippen LogP contribution in [-0.4, -0.2) is 89.0 Å². The molecule has 3 aliphatic rings. The van der Waals surface area contributed by atoms with E-state index in [1.54, 1.807) is 6.07 Å². The number of alkyl halides is 3. The summed E-state index contributed by atoms with van der Waals surface area (Å²) in [6.45, 7) is 11.1. The van der Waals surface area contributed by atoms with Gasteiger partial charge in [-0.25, -0.2) is 0 Å². The van der Waals surface area contributed by atoms with Crippen LogP contribution < -0.4 is 4.90 Å². The van der Waals surface area contributed by atoms with Crippen LogP contribution in [0.5, 0.6) is 0 Å². The van der Waals surface area contributed by atoms with Crippen molar-refractivity contribution in [2.24, 2.45) is 5.92 Å². The molecular formula is C31H44F3N5O3S. The minimum atomic E-state index is -4.71. The number of ether oxygens (including phenoxy) is 1. The van der Waals surface area contributed by atoms with Gasteiger partial charge in [0.2, 0.25) is 5.91 Å². The minimum absolute atomic E-state index is 0.0905. The molecule has 0 bridgehead atoms. The molecule has 3 fully saturated rings. The van der Waals surface area contributed by atoms with Crippen LogP contribution in [0.3, 0.4) is 0 Å². The zero-order chi connectivity index (χ0) is 31.7. The van der Waals surface area contributed by atoms with Crippen LogP contribution in [-0.2, 0) is 20.5 Å². The van der Waals surface area contributed by atoms with E-state index in [9.17, 15) is 28.0 Å². The topological polar surface area (TPSA) is 80.1 Å². The van der Waals surface area contributed by atoms with Crippen molar-refractivity contribution in [1.82, 2.24) is 14.7 Å². The van der Waals surface area contributed by atoms with E-state index < -0.39 is 28.3 Å². The van der Waals surface area contributed by atoms with E-state index in [1.807, 2.05) is 13.8 Å². The third-order valence-corrected chi connectivity index (χ3v) is 10.1. The highest BCUT2D eigenvalue weighted by Gasteiger charge is 2.54. The van der Waals surface area contributed by atoms with E-state index in [2.05, 4.69) is 28.5 Å². The Morgan fingerprint density at radius 1 is 1.14 bits per heavy atom. The second-order valence-corrected chi connectivity index (χ2v) is 13.3. The van der Waals surface area contributed by atoms with Crippen LogP contribution in [0, 0.1) is 17.2 Å². The van der Waals surface area contributed by atoms with Gasteiger partial charge in [0, 0.05) is 36.9 Å². The number of piperazine rings is 1. The first-order valence-corrected chi connectivity index (χ1v) is 15.7. The van der Waals surface area contributed by atoms with Gasteiger partial charge in [0.25, 0.3) is 0 Å². The van der Waals surface area contributed by atoms with Gasteiger partial charge in [0.05, 0.1) is 36.4 Å². The molecule has 1 aromatic carbocycles. The summed E-state index contributed by atoms with van der Waals surface area (Å²) in [6.07, 6.45) is 1.37. The number of nitriles is 1. The number of carbonyl (C=O) groups excluding carboxylic acids is 2. The van der Waals surface area contributed by atoms with E-state index in [1.165, 1.54) is 18.1 Å². The molecule has 0 spiro atoms. The van der Waals surface area contributed by atoms with E-state index in [0.717, 1.165) is 70.3 Å². The van der Waals surface area contributed by atoms with Gasteiger partial charge in [-0.05, 0) is 96.9 Å². The highest BCUT2D eigenvalue weighted by molar-refractivity contribution is 7.81. The number of esters is 1. The lowest BCUT2D eigenvalue weighted by molar-refractivity contribution is -0.144. The molecule has 1 saturated carbocycles. The average molecular weight is 624 g/mol. The zero-order valence-electron chi connectivity index (χ0n) is 25.7. The molecule has 2 heterocycles. The van der Waals surface area contributed by atoms with Crippen LogP contribution in [0.25, 0.3) is 0 Å². The lowest BCUT2D eigenvalue weighted by atomic mass is 9.81. The Morgan fingerprint density at radius 2 is 1.77 bits per heavy atom. The van der Waals surface area contributed by atoms with Crippen molar-refractivity contribution >= 4 is 30.2 Å². The molecule has 0 radical (unpaired) electrons. The third-order valence-electron chi connectivity index (χ3n) is 9.59. The number of amides is 1. The number of benzene rings is 1. The molecule has 238 valence electrons. The molecule has 1 aromatic rings. The fraction of sp³-hybridized carbons (Fsp3) is 0.710. The zero-order valence-corrected chi connectivity index (χ0v) is 26.6. The van der Waals surface area contributed by atoms with E-state index in [0.29, 0.717) is 12.5 Å². The fourth-order valence-electron chi connectivity index (χ4n) is 7.32. The largest absolute Gasteiger partial charge is 0.468 e. The van der Waals surface area contributed by atoms with Crippen LogP contribution >= 0.6 is 12.6 Å². The molecule has 3 atom stereocenters. The number of rotatable bonds is 8. The average Bonchev–Trinajstić information content (AvgIpc) is 3.13. The van der Waals surface area contributed by atoms with Crippen molar-refractivity contribution in [2.45, 2.75) is 102 Å². The first kappa shape index (κ1) is 33.6. The van der Waals surface area contributed by atoms with Crippen molar-refractivity contribution in [1.29, 1.82) is 5.26 Å². The SMILES string of the molecule is COC(=O)CN1[C@H](C)CN(CCCC2CCC(N3C(S)N(c4ccc(C#N)c(C(F)(F)F)c4)C(=O)C3(C)C)CC2)C[C@@H]1C. The van der Waals surface area contributed by atoms with Gasteiger partial charge >= 0.3 is 12.1 Å². The predicted octanol–water partition coefficient (Wildman–Crippen LogP) is 5.12. The van der Waals surface area contributed by atoms with Crippen molar-refractivity contribution in [2.75, 3.05) is 38.2 Å². The maximum Gasteiger partial charge on any atom is 0.417 e. The monoisotopic (exact) mass is 623 g/mol. The van der Waals surface area contributed by atoms with Crippen LogP contribution in [0.1, 0.15) is 77.3 Å². The minimum Gasteiger partial charge on any atom is -0.468 e. The van der Waals surface area contributed by atoms with Crippen molar-refractivity contribution in [3.63, 3.8) is 0 Å². The number of hydrogen-bond donors (Lipinski definition) is 1. The molecule has 12 heteroatoms. The summed E-state index contributed by atoms with van der Waals surface area (Å²) in [5, 5.41) is 9.17. The molecule has 2 aliphatic heterocycles. The standard InChI is InChI=1S/C31H44F3N5O3S/c1-20-17-36(18-21(2)37(20)19-27(40)42-5)14-6-7-22-8-11-24(12-9-22)39-29(43)38(28(41)30(39,3)4)25-13-10-23(16-35)26(15-25)31(32,33)34/h10,13,15,20-22,24,29,43H,6-9,11-12,14,17-19H2,1-5H3/t20-,21+,22?,24?,29?. The molecule has 8 nitrogen and oxygen atoms in total. The maximum absolute atomic E-state index is 13.6. The normalized spacial score (nSPS) is 29.1. The molecule has 1 aliphatic carbocycles. The summed E-state index contributed by atoms with van der Waals surface area (Å²) in [6, 6.07) is 5.65. The Balaban J connectivity index is 1.32. The summed E-state index contributed by atoms with van der Waals surface area (Å²) < 4.78 is 45.8. The van der Waals surface area contributed by atoms with E-state index in [-0.39, 0.29) is 35.7 Å². The molecule has 43 heavy (non-hydrogen) atoms. The lowest BCUT2D eigenvalue weighted by Crippen LogP contribution is -2.57. The van der Waals surface area contributed by atoms with Crippen molar-refractivity contribution in [3.05, 3.63) is 29.3 Å². The molecule has 0 aromatic heterocycles. The number of methoxy groups -OCH3 is 1. The predicted molar refractivity (Wildman–Crippen MR) is 161 cm³/mol. The number of thiol groups is 1. The maximum atomic E-state index is 13.6. The number of anilines is 1. The third kappa shape index (κ3) is 7.16. The van der Waals surface area contributed by atoms with E-state index in [4.69, 9.17) is 17.4 Å². The summed E-state index contributed by atoms with van der Waals surface area (Å²) in [7, 11) is 1.42. The molecule has 1 unspecified atom stereocenters. The Morgan fingerprint density at radius 3 is 2.33 bits per heavy atom. The Bertz CT molecular complexity index is 1200. The Hall–Kier alpha value is -2.33. The van der Waals surface area contributed by atoms with Crippen LogP contribution in [0.15, 0.2) is 18.2 Å². The van der Waals surface area contributed by atoms with Crippen molar-refractivity contribution < 1.29 is 27.5 Å². The highest BCUT2D eigenvalue weighted by Crippen LogP contribution is 2.44. The number of halogens is 3. The van der Waals surface area contributed by atoms with Gasteiger partial charge in [-0.3, -0.25) is 24.3 Å². The number of carbonyl (C=O) groups is 2. The fourth-order valence-corrected chi connectivity index (χ4v) is 8.04. The van der Waals surface area contributed by atoms with Gasteiger partial charge < -0.3 is 9.64 Å².